The molecule has 208 valence electrons. The Kier molecular flexibility index (Phi) is 11.5. The van der Waals surface area contributed by atoms with Crippen LogP contribution in [0.3, 0.4) is 0 Å². The van der Waals surface area contributed by atoms with Crippen LogP contribution in [-0.2, 0) is 30.3 Å². The molecule has 39 heavy (non-hydrogen) atoms. The van der Waals surface area contributed by atoms with Gasteiger partial charge in [0.05, 0.1) is 13.7 Å². The van der Waals surface area contributed by atoms with Gasteiger partial charge in [-0.25, -0.2) is 4.79 Å². The van der Waals surface area contributed by atoms with Gasteiger partial charge in [0, 0.05) is 18.5 Å². The Balaban J connectivity index is 2.51. The van der Waals surface area contributed by atoms with Crippen molar-refractivity contribution in [3.8, 4) is 12.3 Å². The van der Waals surface area contributed by atoms with Gasteiger partial charge >= 0.3 is 12.1 Å². The zero-order valence-corrected chi connectivity index (χ0v) is 22.6. The van der Waals surface area contributed by atoms with Gasteiger partial charge in [-0.1, -0.05) is 48.4 Å². The molecule has 0 aliphatic carbocycles. The molecule has 10 heteroatoms. The second kappa shape index (κ2) is 14.5. The number of amides is 3. The molecule has 2 unspecified atom stereocenters. The number of rotatable bonds is 11. The number of benzene rings is 2. The molecule has 3 amide bonds. The zero-order chi connectivity index (χ0) is 29.0. The Hall–Kier alpha value is -4.36. The molecule has 2 atom stereocenters. The van der Waals surface area contributed by atoms with E-state index in [-0.39, 0.29) is 13.0 Å². The Morgan fingerprint density at radius 2 is 1.69 bits per heavy atom. The summed E-state index contributed by atoms with van der Waals surface area (Å²) in [5.74, 6) is 0.478. The van der Waals surface area contributed by atoms with Gasteiger partial charge in [0.25, 0.3) is 0 Å². The lowest BCUT2D eigenvalue weighted by Crippen LogP contribution is -2.54. The van der Waals surface area contributed by atoms with E-state index in [1.54, 1.807) is 69.3 Å². The number of hydrogen-bond donors (Lipinski definition) is 3. The summed E-state index contributed by atoms with van der Waals surface area (Å²) in [4.78, 5) is 52.9. The molecule has 0 bridgehead atoms. The van der Waals surface area contributed by atoms with Crippen molar-refractivity contribution >= 4 is 23.9 Å². The summed E-state index contributed by atoms with van der Waals surface area (Å²) in [5.41, 5.74) is 0.875. The van der Waals surface area contributed by atoms with Gasteiger partial charge in [0.2, 0.25) is 11.8 Å². The molecule has 2 aromatic carbocycles. The lowest BCUT2D eigenvalue weighted by atomic mass is 9.99. The predicted octanol–water partition coefficient (Wildman–Crippen LogP) is 1.96. The molecule has 0 aromatic heterocycles. The van der Waals surface area contributed by atoms with Gasteiger partial charge in [-0.3, -0.25) is 14.4 Å². The molecule has 0 spiro atoms. The highest BCUT2D eigenvalue weighted by molar-refractivity contribution is 5.93. The van der Waals surface area contributed by atoms with Crippen LogP contribution < -0.4 is 10.6 Å². The Labute approximate surface area is 228 Å². The number of terminal acetylenes is 1. The summed E-state index contributed by atoms with van der Waals surface area (Å²) < 4.78 is 9.97. The fourth-order valence-corrected chi connectivity index (χ4v) is 3.74. The summed E-state index contributed by atoms with van der Waals surface area (Å²) in [6.45, 7) is 3.94. The fraction of sp³-hybridized carbons (Fsp3) is 0.379. The SMILES string of the molecule is C#Cc1ccc(C(C(=O)NCC(=O)OC)N(CCO)C(=O)C(Cc2ccccc2)NC(=O)OC(C)(C)C)cc1. The molecule has 0 heterocycles. The highest BCUT2D eigenvalue weighted by atomic mass is 16.6. The van der Waals surface area contributed by atoms with Crippen LogP contribution in [0.1, 0.15) is 43.5 Å². The van der Waals surface area contributed by atoms with E-state index in [2.05, 4.69) is 21.3 Å². The number of methoxy groups -OCH3 is 1. The van der Waals surface area contributed by atoms with Gasteiger partial charge in [0.15, 0.2) is 0 Å². The van der Waals surface area contributed by atoms with Gasteiger partial charge in [-0.15, -0.1) is 6.42 Å². The molecular weight excluding hydrogens is 502 g/mol. The van der Waals surface area contributed by atoms with Crippen LogP contribution in [0.4, 0.5) is 4.79 Å². The van der Waals surface area contributed by atoms with Crippen LogP contribution in [0.5, 0.6) is 0 Å². The summed E-state index contributed by atoms with van der Waals surface area (Å²) >= 11 is 0. The molecule has 3 N–H and O–H groups in total. The number of carbonyl (C=O) groups is 4. The van der Waals surface area contributed by atoms with Crippen LogP contribution in [0.25, 0.3) is 0 Å². The van der Waals surface area contributed by atoms with Crippen molar-refractivity contribution in [2.45, 2.75) is 44.9 Å². The summed E-state index contributed by atoms with van der Waals surface area (Å²) in [6.07, 6.45) is 4.74. The number of nitrogens with one attached hydrogen (secondary N) is 2. The maximum absolute atomic E-state index is 14.0. The Morgan fingerprint density at radius 1 is 1.05 bits per heavy atom. The van der Waals surface area contributed by atoms with Gasteiger partial charge in [-0.2, -0.15) is 0 Å². The second-order valence-corrected chi connectivity index (χ2v) is 9.61. The van der Waals surface area contributed by atoms with Crippen LogP contribution in [0.2, 0.25) is 0 Å². The lowest BCUT2D eigenvalue weighted by Gasteiger charge is -2.34. The van der Waals surface area contributed by atoms with Crippen molar-refractivity contribution in [3.05, 3.63) is 71.3 Å². The van der Waals surface area contributed by atoms with Crippen molar-refractivity contribution in [2.75, 3.05) is 26.8 Å². The van der Waals surface area contributed by atoms with Gasteiger partial charge < -0.3 is 30.1 Å². The van der Waals surface area contributed by atoms with Crippen molar-refractivity contribution in [1.29, 1.82) is 0 Å². The molecule has 10 nitrogen and oxygen atoms in total. The molecule has 2 aromatic rings. The number of aliphatic hydroxyl groups is 1. The number of aliphatic hydroxyl groups excluding tert-OH is 1. The van der Waals surface area contributed by atoms with Crippen molar-refractivity contribution in [3.63, 3.8) is 0 Å². The minimum absolute atomic E-state index is 0.0907. The average molecular weight is 538 g/mol. The van der Waals surface area contributed by atoms with E-state index in [4.69, 9.17) is 11.2 Å². The first-order valence-electron chi connectivity index (χ1n) is 12.3. The minimum atomic E-state index is -1.26. The maximum atomic E-state index is 14.0. The number of hydrogen-bond acceptors (Lipinski definition) is 7. The highest BCUT2D eigenvalue weighted by Crippen LogP contribution is 2.24. The monoisotopic (exact) mass is 537 g/mol. The second-order valence-electron chi connectivity index (χ2n) is 9.61. The number of alkyl carbamates (subject to hydrolysis) is 1. The standard InChI is InChI=1S/C29H35N3O7/c1-6-20-12-14-22(15-13-20)25(26(35)30-19-24(34)38-5)32(16-17-33)27(36)23(18-21-10-8-7-9-11-21)31-28(37)39-29(2,3)4/h1,7-15,23,25,33H,16-19H2,2-5H3,(H,30,35)(H,31,37). The number of ether oxygens (including phenoxy) is 2. The molecular formula is C29H35N3O7. The van der Waals surface area contributed by atoms with Crippen molar-refractivity contribution in [1.82, 2.24) is 15.5 Å². The van der Waals surface area contributed by atoms with Gasteiger partial charge in [-0.05, 0) is 44.0 Å². The van der Waals surface area contributed by atoms with Crippen LogP contribution in [-0.4, -0.2) is 72.3 Å². The number of esters is 1. The summed E-state index contributed by atoms with van der Waals surface area (Å²) in [7, 11) is 1.18. The lowest BCUT2D eigenvalue weighted by molar-refractivity contribution is -0.145. The van der Waals surface area contributed by atoms with Crippen LogP contribution >= 0.6 is 0 Å². The summed E-state index contributed by atoms with van der Waals surface area (Å²) in [6, 6.07) is 13.0. The normalized spacial score (nSPS) is 12.3. The van der Waals surface area contributed by atoms with E-state index in [1.807, 2.05) is 6.07 Å². The molecule has 0 saturated carbocycles. The summed E-state index contributed by atoms with van der Waals surface area (Å²) in [5, 5.41) is 15.0. The number of carbonyl (C=O) groups excluding carboxylic acids is 4. The molecule has 2 rings (SSSR count). The fourth-order valence-electron chi connectivity index (χ4n) is 3.74. The minimum Gasteiger partial charge on any atom is -0.468 e. The third-order valence-corrected chi connectivity index (χ3v) is 5.48. The van der Waals surface area contributed by atoms with E-state index in [1.165, 1.54) is 7.11 Å². The molecule has 0 fully saturated rings. The van der Waals surface area contributed by atoms with E-state index < -0.39 is 54.7 Å². The van der Waals surface area contributed by atoms with E-state index in [0.29, 0.717) is 11.1 Å². The van der Waals surface area contributed by atoms with E-state index in [0.717, 1.165) is 10.5 Å². The van der Waals surface area contributed by atoms with Crippen molar-refractivity contribution < 1.29 is 33.8 Å². The van der Waals surface area contributed by atoms with E-state index >= 15 is 0 Å². The van der Waals surface area contributed by atoms with Crippen molar-refractivity contribution in [2.24, 2.45) is 0 Å². The van der Waals surface area contributed by atoms with Crippen LogP contribution in [0.15, 0.2) is 54.6 Å². The third-order valence-electron chi connectivity index (χ3n) is 5.48. The number of nitrogens with zero attached hydrogens (tertiary/aromatic N) is 1. The maximum Gasteiger partial charge on any atom is 0.408 e. The average Bonchev–Trinajstić information content (AvgIpc) is 2.90. The first kappa shape index (κ1) is 30.9. The first-order chi connectivity index (χ1) is 18.5. The largest absolute Gasteiger partial charge is 0.468 e. The molecule has 0 radical (unpaired) electrons. The molecule has 0 saturated heterocycles. The molecule has 0 aliphatic heterocycles. The Bertz CT molecular complexity index is 1170. The predicted molar refractivity (Wildman–Crippen MR) is 144 cm³/mol. The first-order valence-corrected chi connectivity index (χ1v) is 12.3. The highest BCUT2D eigenvalue weighted by Gasteiger charge is 2.36. The van der Waals surface area contributed by atoms with Gasteiger partial charge in [0.1, 0.15) is 24.2 Å². The van der Waals surface area contributed by atoms with Crippen LogP contribution in [0, 0.1) is 12.3 Å². The smallest absolute Gasteiger partial charge is 0.408 e. The molecule has 0 aliphatic rings. The quantitative estimate of drug-likeness (QED) is 0.295. The topological polar surface area (TPSA) is 134 Å². The third kappa shape index (κ3) is 9.79. The Morgan fingerprint density at radius 3 is 2.23 bits per heavy atom. The van der Waals surface area contributed by atoms with E-state index in [9.17, 15) is 24.3 Å². The zero-order valence-electron chi connectivity index (χ0n) is 22.6.